The Kier molecular flexibility index (Phi) is 4.68. The molecule has 3 rings (SSSR count). The van der Waals surface area contributed by atoms with Gasteiger partial charge in [-0.15, -0.1) is 21.5 Å². The molecule has 2 aromatic heterocycles. The Morgan fingerprint density at radius 3 is 2.59 bits per heavy atom. The number of hydrogen-bond donors (Lipinski definition) is 0. The van der Waals surface area contributed by atoms with Crippen LogP contribution in [0.3, 0.4) is 0 Å². The molecule has 0 saturated carbocycles. The summed E-state index contributed by atoms with van der Waals surface area (Å²) in [5, 5.41) is 10.7. The molecule has 0 aliphatic carbocycles. The van der Waals surface area contributed by atoms with Gasteiger partial charge in [0, 0.05) is 32.6 Å². The van der Waals surface area contributed by atoms with Gasteiger partial charge in [0.2, 0.25) is 5.91 Å². The maximum absolute atomic E-state index is 11.9. The molecule has 1 aliphatic rings. The van der Waals surface area contributed by atoms with Crippen molar-refractivity contribution in [3.05, 3.63) is 29.6 Å². The van der Waals surface area contributed by atoms with Crippen LogP contribution in [-0.2, 0) is 4.79 Å². The van der Waals surface area contributed by atoms with Crippen LogP contribution in [0.1, 0.15) is 19.8 Å². The molecule has 0 atom stereocenters. The lowest BCUT2D eigenvalue weighted by Gasteiger charge is -2.35. The summed E-state index contributed by atoms with van der Waals surface area (Å²) in [5.41, 5.74) is 0.913. The summed E-state index contributed by atoms with van der Waals surface area (Å²) < 4.78 is 0. The van der Waals surface area contributed by atoms with Crippen molar-refractivity contribution < 1.29 is 4.79 Å². The van der Waals surface area contributed by atoms with Gasteiger partial charge in [0.05, 0.1) is 4.88 Å². The lowest BCUT2D eigenvalue weighted by Crippen LogP contribution is -2.49. The number of hydrogen-bond acceptors (Lipinski definition) is 5. The van der Waals surface area contributed by atoms with E-state index in [1.807, 2.05) is 41.5 Å². The number of anilines is 1. The lowest BCUT2D eigenvalue weighted by molar-refractivity contribution is -0.131. The Bertz CT molecular complexity index is 604. The minimum Gasteiger partial charge on any atom is -0.352 e. The zero-order valence-corrected chi connectivity index (χ0v) is 13.6. The van der Waals surface area contributed by atoms with Gasteiger partial charge in [-0.25, -0.2) is 0 Å². The minimum atomic E-state index is 0.265. The number of thiophene rings is 1. The van der Waals surface area contributed by atoms with Gasteiger partial charge < -0.3 is 9.80 Å². The van der Waals surface area contributed by atoms with Crippen molar-refractivity contribution >= 4 is 23.1 Å². The summed E-state index contributed by atoms with van der Waals surface area (Å²) >= 11 is 1.67. The van der Waals surface area contributed by atoms with Crippen LogP contribution < -0.4 is 4.90 Å². The number of nitrogens with zero attached hydrogens (tertiary/aromatic N) is 4. The van der Waals surface area contributed by atoms with Crippen LogP contribution in [0.15, 0.2) is 29.6 Å². The molecule has 1 amide bonds. The lowest BCUT2D eigenvalue weighted by atomic mass is 10.2. The zero-order chi connectivity index (χ0) is 15.4. The van der Waals surface area contributed by atoms with E-state index in [2.05, 4.69) is 15.1 Å². The number of piperazine rings is 1. The molecule has 116 valence electrons. The molecule has 6 heteroatoms. The van der Waals surface area contributed by atoms with Crippen LogP contribution in [0.5, 0.6) is 0 Å². The molecule has 1 fully saturated rings. The van der Waals surface area contributed by atoms with Crippen molar-refractivity contribution in [1.29, 1.82) is 0 Å². The third kappa shape index (κ3) is 3.27. The second kappa shape index (κ2) is 6.87. The molecule has 1 saturated heterocycles. The normalized spacial score (nSPS) is 15.1. The molecule has 1 aliphatic heterocycles. The van der Waals surface area contributed by atoms with Gasteiger partial charge >= 0.3 is 0 Å². The number of rotatable bonds is 4. The van der Waals surface area contributed by atoms with Gasteiger partial charge in [0.15, 0.2) is 5.82 Å². The Morgan fingerprint density at radius 2 is 2.00 bits per heavy atom. The van der Waals surface area contributed by atoms with E-state index in [9.17, 15) is 4.79 Å². The molecule has 0 bridgehead atoms. The zero-order valence-electron chi connectivity index (χ0n) is 12.7. The van der Waals surface area contributed by atoms with Crippen molar-refractivity contribution in [3.63, 3.8) is 0 Å². The Morgan fingerprint density at radius 1 is 1.18 bits per heavy atom. The molecule has 0 N–H and O–H groups in total. The Balaban J connectivity index is 1.61. The topological polar surface area (TPSA) is 49.3 Å². The summed E-state index contributed by atoms with van der Waals surface area (Å²) in [5.74, 6) is 1.16. The quantitative estimate of drug-likeness (QED) is 0.870. The average molecular weight is 316 g/mol. The van der Waals surface area contributed by atoms with Crippen LogP contribution >= 0.6 is 11.3 Å². The van der Waals surface area contributed by atoms with Gasteiger partial charge in [-0.3, -0.25) is 4.79 Å². The fraction of sp³-hybridized carbons (Fsp3) is 0.438. The predicted molar refractivity (Wildman–Crippen MR) is 89.0 cm³/mol. The number of carbonyl (C=O) groups is 1. The molecule has 0 aromatic carbocycles. The van der Waals surface area contributed by atoms with Crippen molar-refractivity contribution in [2.75, 3.05) is 31.1 Å². The van der Waals surface area contributed by atoms with E-state index >= 15 is 0 Å². The molecular formula is C16H20N4OS. The van der Waals surface area contributed by atoms with E-state index in [4.69, 9.17) is 0 Å². The molecule has 3 heterocycles. The van der Waals surface area contributed by atoms with Gasteiger partial charge in [-0.2, -0.15) is 0 Å². The summed E-state index contributed by atoms with van der Waals surface area (Å²) in [7, 11) is 0. The SMILES string of the molecule is CCCC(=O)N1CCN(c2ccc(-c3cccs3)nn2)CC1. The third-order valence-electron chi connectivity index (χ3n) is 3.84. The van der Waals surface area contributed by atoms with Gasteiger partial charge in [-0.05, 0) is 30.0 Å². The van der Waals surface area contributed by atoms with E-state index < -0.39 is 0 Å². The highest BCUT2D eigenvalue weighted by Crippen LogP contribution is 2.23. The van der Waals surface area contributed by atoms with Crippen molar-refractivity contribution in [1.82, 2.24) is 15.1 Å². The Hall–Kier alpha value is -1.95. The average Bonchev–Trinajstić information content (AvgIpc) is 3.10. The standard InChI is InChI=1S/C16H20N4OS/c1-2-4-16(21)20-10-8-19(9-11-20)15-7-6-13(17-18-15)14-5-3-12-22-14/h3,5-7,12H,2,4,8-11H2,1H3. The molecular weight excluding hydrogens is 296 g/mol. The Labute approximate surface area is 134 Å². The second-order valence-corrected chi connectivity index (χ2v) is 6.32. The first-order chi connectivity index (χ1) is 10.8. The maximum Gasteiger partial charge on any atom is 0.222 e. The fourth-order valence-electron chi connectivity index (χ4n) is 2.61. The van der Waals surface area contributed by atoms with Crippen LogP contribution in [0, 0.1) is 0 Å². The van der Waals surface area contributed by atoms with Crippen LogP contribution in [-0.4, -0.2) is 47.2 Å². The third-order valence-corrected chi connectivity index (χ3v) is 4.74. The first-order valence-corrected chi connectivity index (χ1v) is 8.56. The minimum absolute atomic E-state index is 0.265. The highest BCUT2D eigenvalue weighted by Gasteiger charge is 2.21. The maximum atomic E-state index is 11.9. The smallest absolute Gasteiger partial charge is 0.222 e. The van der Waals surface area contributed by atoms with Crippen molar-refractivity contribution in [3.8, 4) is 10.6 Å². The van der Waals surface area contributed by atoms with E-state index in [0.29, 0.717) is 6.42 Å². The number of amides is 1. The van der Waals surface area contributed by atoms with E-state index in [1.54, 1.807) is 11.3 Å². The molecule has 0 radical (unpaired) electrons. The summed E-state index contributed by atoms with van der Waals surface area (Å²) in [6.07, 6.45) is 1.56. The number of aromatic nitrogens is 2. The highest BCUT2D eigenvalue weighted by atomic mass is 32.1. The highest BCUT2D eigenvalue weighted by molar-refractivity contribution is 7.13. The second-order valence-electron chi connectivity index (χ2n) is 5.37. The van der Waals surface area contributed by atoms with E-state index in [-0.39, 0.29) is 5.91 Å². The molecule has 2 aromatic rings. The molecule has 0 spiro atoms. The first-order valence-electron chi connectivity index (χ1n) is 7.68. The summed E-state index contributed by atoms with van der Waals surface area (Å²) in [6, 6.07) is 8.10. The monoisotopic (exact) mass is 316 g/mol. The van der Waals surface area contributed by atoms with Gasteiger partial charge in [0.25, 0.3) is 0 Å². The first kappa shape index (κ1) is 15.0. The van der Waals surface area contributed by atoms with Crippen LogP contribution in [0.4, 0.5) is 5.82 Å². The fourth-order valence-corrected chi connectivity index (χ4v) is 3.30. The van der Waals surface area contributed by atoms with Crippen LogP contribution in [0.25, 0.3) is 10.6 Å². The van der Waals surface area contributed by atoms with Crippen molar-refractivity contribution in [2.45, 2.75) is 19.8 Å². The van der Waals surface area contributed by atoms with Crippen molar-refractivity contribution in [2.24, 2.45) is 0 Å². The summed E-state index contributed by atoms with van der Waals surface area (Å²) in [6.45, 7) is 5.23. The number of carbonyl (C=O) groups excluding carboxylic acids is 1. The van der Waals surface area contributed by atoms with E-state index in [0.717, 1.165) is 49.0 Å². The van der Waals surface area contributed by atoms with Gasteiger partial charge in [-0.1, -0.05) is 13.0 Å². The molecule has 22 heavy (non-hydrogen) atoms. The van der Waals surface area contributed by atoms with Gasteiger partial charge in [0.1, 0.15) is 5.69 Å². The predicted octanol–water partition coefficient (Wildman–Crippen LogP) is 2.65. The molecule has 5 nitrogen and oxygen atoms in total. The van der Waals surface area contributed by atoms with Crippen LogP contribution in [0.2, 0.25) is 0 Å². The molecule has 0 unspecified atom stereocenters. The summed E-state index contributed by atoms with van der Waals surface area (Å²) in [4.78, 5) is 17.2. The van der Waals surface area contributed by atoms with E-state index in [1.165, 1.54) is 0 Å². The largest absolute Gasteiger partial charge is 0.352 e.